The minimum absolute atomic E-state index is 0.106. The van der Waals surface area contributed by atoms with Gasteiger partial charge in [-0.1, -0.05) is 24.3 Å². The van der Waals surface area contributed by atoms with Gasteiger partial charge >= 0.3 is 0 Å². The van der Waals surface area contributed by atoms with Crippen molar-refractivity contribution in [3.05, 3.63) is 89.0 Å². The summed E-state index contributed by atoms with van der Waals surface area (Å²) in [6.45, 7) is 2.05. The van der Waals surface area contributed by atoms with Crippen LogP contribution < -0.4 is 19.5 Å². The first-order valence-electron chi connectivity index (χ1n) is 11.3. The highest BCUT2D eigenvalue weighted by Crippen LogP contribution is 2.44. The van der Waals surface area contributed by atoms with Crippen molar-refractivity contribution < 1.29 is 24.1 Å². The van der Waals surface area contributed by atoms with Gasteiger partial charge in [0.05, 0.1) is 27.8 Å². The smallest absolute Gasteiger partial charge is 0.228 e. The zero-order valence-electron chi connectivity index (χ0n) is 20.3. The van der Waals surface area contributed by atoms with E-state index in [1.165, 1.54) is 7.11 Å². The molecule has 2 N–H and O–H groups in total. The highest BCUT2D eigenvalue weighted by molar-refractivity contribution is 6.07. The maximum absolute atomic E-state index is 13.0. The lowest BCUT2D eigenvalue weighted by molar-refractivity contribution is -0.115. The summed E-state index contributed by atoms with van der Waals surface area (Å²) in [7, 11) is 4.77. The highest BCUT2D eigenvalue weighted by Gasteiger charge is 2.26. The zero-order chi connectivity index (χ0) is 24.9. The van der Waals surface area contributed by atoms with Gasteiger partial charge in [0.1, 0.15) is 11.5 Å². The lowest BCUT2D eigenvalue weighted by Gasteiger charge is -2.10. The van der Waals surface area contributed by atoms with Crippen LogP contribution in [-0.2, 0) is 11.2 Å². The molecule has 0 radical (unpaired) electrons. The Labute approximate surface area is 205 Å². The predicted molar refractivity (Wildman–Crippen MR) is 138 cm³/mol. The molecule has 1 aliphatic rings. The molecule has 0 aromatic heterocycles. The average molecular weight is 472 g/mol. The van der Waals surface area contributed by atoms with E-state index in [-0.39, 0.29) is 18.1 Å². The summed E-state index contributed by atoms with van der Waals surface area (Å²) in [5.41, 5.74) is 6.87. The van der Waals surface area contributed by atoms with Crippen LogP contribution in [0.25, 0.3) is 11.1 Å². The average Bonchev–Trinajstić information content (AvgIpc) is 3.13. The van der Waals surface area contributed by atoms with Gasteiger partial charge in [-0.2, -0.15) is 0 Å². The Morgan fingerprint density at radius 1 is 0.914 bits per heavy atom. The van der Waals surface area contributed by atoms with Gasteiger partial charge in [0.15, 0.2) is 11.5 Å². The third kappa shape index (κ3) is 5.17. The molecule has 3 aromatic rings. The molecule has 0 saturated heterocycles. The number of carbonyl (C=O) groups excluding carboxylic acids is 1. The number of phenols is 1. The number of hydrogen-bond donors (Lipinski definition) is 2. The van der Waals surface area contributed by atoms with E-state index < -0.39 is 0 Å². The predicted octanol–water partition coefficient (Wildman–Crippen LogP) is 5.86. The Morgan fingerprint density at radius 2 is 1.69 bits per heavy atom. The molecule has 4 rings (SSSR count). The lowest BCUT2D eigenvalue weighted by atomic mass is 10.00. The van der Waals surface area contributed by atoms with Crippen molar-refractivity contribution in [1.82, 2.24) is 0 Å². The van der Waals surface area contributed by atoms with E-state index in [0.29, 0.717) is 23.6 Å². The molecular weight excluding hydrogens is 442 g/mol. The maximum Gasteiger partial charge on any atom is 0.228 e. The molecule has 0 unspecified atom stereocenters. The molecule has 0 fully saturated rings. The lowest BCUT2D eigenvalue weighted by Crippen LogP contribution is -2.12. The summed E-state index contributed by atoms with van der Waals surface area (Å²) >= 11 is 0. The SMILES string of the molecule is COc1cccc(NC(=O)CC2=C(C)/C(=C/Cc3ccc(O)c(OC)c3)c3ccc(OC)cc32)c1. The third-order valence-electron chi connectivity index (χ3n) is 6.18. The van der Waals surface area contributed by atoms with E-state index >= 15 is 0 Å². The number of amides is 1. The molecule has 0 spiro atoms. The van der Waals surface area contributed by atoms with Gasteiger partial charge in [-0.15, -0.1) is 0 Å². The normalized spacial score (nSPS) is 13.5. The van der Waals surface area contributed by atoms with Crippen LogP contribution in [-0.4, -0.2) is 32.3 Å². The van der Waals surface area contributed by atoms with Crippen LogP contribution in [0.5, 0.6) is 23.0 Å². The van der Waals surface area contributed by atoms with E-state index in [2.05, 4.69) is 11.4 Å². The first-order chi connectivity index (χ1) is 16.9. The van der Waals surface area contributed by atoms with E-state index in [9.17, 15) is 9.90 Å². The topological polar surface area (TPSA) is 77.0 Å². The van der Waals surface area contributed by atoms with Crippen LogP contribution in [0.3, 0.4) is 0 Å². The van der Waals surface area contributed by atoms with E-state index in [1.54, 1.807) is 26.4 Å². The molecule has 3 aromatic carbocycles. The maximum atomic E-state index is 13.0. The quantitative estimate of drug-likeness (QED) is 0.430. The van der Waals surface area contributed by atoms with Crippen molar-refractivity contribution in [3.8, 4) is 23.0 Å². The molecule has 1 amide bonds. The summed E-state index contributed by atoms with van der Waals surface area (Å²) in [5.74, 6) is 1.88. The van der Waals surface area contributed by atoms with Crippen LogP contribution in [0.2, 0.25) is 0 Å². The fourth-order valence-corrected chi connectivity index (χ4v) is 4.33. The van der Waals surface area contributed by atoms with Gasteiger partial charge in [0.2, 0.25) is 5.91 Å². The second kappa shape index (κ2) is 10.4. The van der Waals surface area contributed by atoms with Crippen molar-refractivity contribution in [2.45, 2.75) is 19.8 Å². The van der Waals surface area contributed by atoms with Gasteiger partial charge in [-0.05, 0) is 83.2 Å². The summed E-state index contributed by atoms with van der Waals surface area (Å²) in [6.07, 6.45) is 3.03. The minimum atomic E-state index is -0.106. The van der Waals surface area contributed by atoms with Crippen LogP contribution in [0.4, 0.5) is 5.69 Å². The van der Waals surface area contributed by atoms with Crippen molar-refractivity contribution in [3.63, 3.8) is 0 Å². The Morgan fingerprint density at radius 3 is 2.43 bits per heavy atom. The fourth-order valence-electron chi connectivity index (χ4n) is 4.33. The number of fused-ring (bicyclic) bond motifs is 1. The number of carbonyl (C=O) groups is 1. The van der Waals surface area contributed by atoms with E-state index in [1.807, 2.05) is 55.5 Å². The second-order valence-electron chi connectivity index (χ2n) is 8.30. The first-order valence-corrected chi connectivity index (χ1v) is 11.3. The van der Waals surface area contributed by atoms with E-state index in [0.717, 1.165) is 39.2 Å². The molecule has 0 heterocycles. The van der Waals surface area contributed by atoms with Gasteiger partial charge in [0.25, 0.3) is 0 Å². The summed E-state index contributed by atoms with van der Waals surface area (Å²) in [6, 6.07) is 18.6. The van der Waals surface area contributed by atoms with Crippen LogP contribution >= 0.6 is 0 Å². The van der Waals surface area contributed by atoms with Crippen molar-refractivity contribution in [2.24, 2.45) is 0 Å². The molecule has 0 aliphatic heterocycles. The molecule has 0 atom stereocenters. The number of methoxy groups -OCH3 is 3. The Balaban J connectivity index is 1.63. The Hall–Kier alpha value is -4.19. The number of nitrogens with one attached hydrogen (secondary N) is 1. The Bertz CT molecular complexity index is 1320. The molecule has 180 valence electrons. The van der Waals surface area contributed by atoms with Gasteiger partial charge in [0, 0.05) is 11.8 Å². The largest absolute Gasteiger partial charge is 0.504 e. The zero-order valence-corrected chi connectivity index (χ0v) is 20.3. The van der Waals surface area contributed by atoms with Gasteiger partial charge in [-0.25, -0.2) is 0 Å². The number of phenolic OH excluding ortho intramolecular Hbond substituents is 1. The molecule has 35 heavy (non-hydrogen) atoms. The van der Waals surface area contributed by atoms with Crippen molar-refractivity contribution in [1.29, 1.82) is 0 Å². The number of allylic oxidation sites excluding steroid dienone is 3. The van der Waals surface area contributed by atoms with Crippen LogP contribution in [0, 0.1) is 0 Å². The number of ether oxygens (including phenoxy) is 3. The highest BCUT2D eigenvalue weighted by atomic mass is 16.5. The summed E-state index contributed by atoms with van der Waals surface area (Å²) < 4.78 is 15.9. The van der Waals surface area contributed by atoms with E-state index in [4.69, 9.17) is 14.2 Å². The summed E-state index contributed by atoms with van der Waals surface area (Å²) in [5, 5.41) is 12.9. The number of benzene rings is 3. The molecule has 0 bridgehead atoms. The fraction of sp³-hybridized carbons (Fsp3) is 0.207. The standard InChI is InChI=1S/C29H29NO5/c1-18-23(11-8-19-9-13-27(31)28(14-19)35-4)24-12-10-22(34-3)16-26(24)25(18)17-29(32)30-20-6-5-7-21(15-20)33-2/h5-7,9-16,31H,8,17H2,1-4H3,(H,30,32)/b23-11-. The number of aromatic hydroxyl groups is 1. The summed E-state index contributed by atoms with van der Waals surface area (Å²) in [4.78, 5) is 13.0. The minimum Gasteiger partial charge on any atom is -0.504 e. The third-order valence-corrected chi connectivity index (χ3v) is 6.18. The molecule has 1 aliphatic carbocycles. The first kappa shape index (κ1) is 24.0. The molecular formula is C29H29NO5. The van der Waals surface area contributed by atoms with Crippen molar-refractivity contribution in [2.75, 3.05) is 26.6 Å². The van der Waals surface area contributed by atoms with Gasteiger partial charge < -0.3 is 24.6 Å². The van der Waals surface area contributed by atoms with Crippen molar-refractivity contribution >= 4 is 22.7 Å². The van der Waals surface area contributed by atoms with Crippen LogP contribution in [0.1, 0.15) is 30.0 Å². The number of rotatable bonds is 8. The second-order valence-corrected chi connectivity index (χ2v) is 8.30. The molecule has 6 heteroatoms. The monoisotopic (exact) mass is 471 g/mol. The van der Waals surface area contributed by atoms with Crippen LogP contribution in [0.15, 0.2) is 72.3 Å². The van der Waals surface area contributed by atoms with Gasteiger partial charge in [-0.3, -0.25) is 4.79 Å². The number of hydrogen-bond acceptors (Lipinski definition) is 5. The number of anilines is 1. The molecule has 0 saturated carbocycles. The molecule has 6 nitrogen and oxygen atoms in total. The Kier molecular flexibility index (Phi) is 7.11.